The number of carbonyl (C=O) groups excluding carboxylic acids is 2. The van der Waals surface area contributed by atoms with Gasteiger partial charge < -0.3 is 19.5 Å². The van der Waals surface area contributed by atoms with Crippen molar-refractivity contribution >= 4 is 11.9 Å². The first-order valence-corrected chi connectivity index (χ1v) is 12.3. The Morgan fingerprint density at radius 2 is 1.67 bits per heavy atom. The topological polar surface area (TPSA) is 86.8 Å². The van der Waals surface area contributed by atoms with Crippen LogP contribution in [0.3, 0.4) is 0 Å². The number of pyridine rings is 1. The molecule has 10 heteroatoms. The Labute approximate surface area is 225 Å². The summed E-state index contributed by atoms with van der Waals surface area (Å²) in [6, 6.07) is 13.1. The molecule has 1 amide bonds. The number of halogens is 3. The third kappa shape index (κ3) is 7.72. The van der Waals surface area contributed by atoms with E-state index >= 15 is 0 Å². The van der Waals surface area contributed by atoms with Gasteiger partial charge in [0.15, 0.2) is 5.60 Å². The highest BCUT2D eigenvalue weighted by molar-refractivity contribution is 5.95. The minimum absolute atomic E-state index is 0.204. The summed E-state index contributed by atoms with van der Waals surface area (Å²) in [5.74, 6) is 0.294. The molecule has 208 valence electrons. The van der Waals surface area contributed by atoms with Gasteiger partial charge in [-0.2, -0.15) is 13.2 Å². The molecular weight excluding hydrogens is 513 g/mol. The molecular formula is C29H31F3N2O5. The van der Waals surface area contributed by atoms with Crippen molar-refractivity contribution < 1.29 is 37.0 Å². The standard InChI is InChI=1S/C29H31F3N2O5/c1-6-37-27(36)28(4,5)39-25-14-11-22(17-18(25)2)38-16-15-33-26(35)23-12-13-24(34-19(23)3)20-7-9-21(10-8-20)29(30,31)32/h7-14,17H,6,15-16H2,1-5H3,(H,33,35). The third-order valence-corrected chi connectivity index (χ3v) is 5.77. The van der Waals surface area contributed by atoms with E-state index in [4.69, 9.17) is 14.2 Å². The van der Waals surface area contributed by atoms with Gasteiger partial charge in [-0.1, -0.05) is 12.1 Å². The van der Waals surface area contributed by atoms with Crippen LogP contribution in [-0.2, 0) is 15.7 Å². The lowest BCUT2D eigenvalue weighted by Crippen LogP contribution is -2.39. The van der Waals surface area contributed by atoms with Gasteiger partial charge in [0.2, 0.25) is 0 Å². The average molecular weight is 545 g/mol. The number of ether oxygens (including phenoxy) is 3. The highest BCUT2D eigenvalue weighted by Gasteiger charge is 2.32. The Balaban J connectivity index is 1.53. The van der Waals surface area contributed by atoms with Crippen molar-refractivity contribution in [1.82, 2.24) is 10.3 Å². The fourth-order valence-electron chi connectivity index (χ4n) is 3.67. The molecule has 3 aromatic rings. The van der Waals surface area contributed by atoms with Crippen LogP contribution in [0.4, 0.5) is 13.2 Å². The lowest BCUT2D eigenvalue weighted by atomic mass is 10.1. The molecule has 39 heavy (non-hydrogen) atoms. The first-order chi connectivity index (χ1) is 18.3. The molecule has 0 aliphatic carbocycles. The molecule has 0 atom stereocenters. The van der Waals surface area contributed by atoms with Crippen molar-refractivity contribution in [3.8, 4) is 22.8 Å². The van der Waals surface area contributed by atoms with Crippen molar-refractivity contribution in [1.29, 1.82) is 0 Å². The number of benzene rings is 2. The number of aromatic nitrogens is 1. The van der Waals surface area contributed by atoms with E-state index in [0.29, 0.717) is 34.0 Å². The summed E-state index contributed by atoms with van der Waals surface area (Å²) in [6.07, 6.45) is -4.41. The second-order valence-electron chi connectivity index (χ2n) is 9.27. The molecule has 0 fully saturated rings. The minimum atomic E-state index is -4.41. The molecule has 0 radical (unpaired) electrons. The summed E-state index contributed by atoms with van der Waals surface area (Å²) in [7, 11) is 0. The van der Waals surface area contributed by atoms with Gasteiger partial charge in [0.1, 0.15) is 18.1 Å². The number of esters is 1. The maximum Gasteiger partial charge on any atom is 0.416 e. The average Bonchev–Trinajstić information content (AvgIpc) is 2.87. The van der Waals surface area contributed by atoms with E-state index in [1.807, 2.05) is 6.92 Å². The van der Waals surface area contributed by atoms with Crippen LogP contribution < -0.4 is 14.8 Å². The molecule has 0 spiro atoms. The van der Waals surface area contributed by atoms with E-state index in [0.717, 1.165) is 17.7 Å². The Hall–Kier alpha value is -4.08. The van der Waals surface area contributed by atoms with Crippen molar-refractivity contribution in [3.63, 3.8) is 0 Å². The minimum Gasteiger partial charge on any atom is -0.492 e. The molecule has 0 saturated carbocycles. The summed E-state index contributed by atoms with van der Waals surface area (Å²) in [5.41, 5.74) is 0.672. The van der Waals surface area contributed by atoms with Crippen molar-refractivity contribution in [2.24, 2.45) is 0 Å². The van der Waals surface area contributed by atoms with Gasteiger partial charge in [-0.05, 0) is 82.6 Å². The fraction of sp³-hybridized carbons (Fsp3) is 0.345. The van der Waals surface area contributed by atoms with Crippen LogP contribution in [0.2, 0.25) is 0 Å². The van der Waals surface area contributed by atoms with Crippen LogP contribution >= 0.6 is 0 Å². The van der Waals surface area contributed by atoms with Crippen LogP contribution in [0, 0.1) is 13.8 Å². The first kappa shape index (κ1) is 29.5. The number of rotatable bonds is 10. The second-order valence-corrected chi connectivity index (χ2v) is 9.27. The summed E-state index contributed by atoms with van der Waals surface area (Å²) < 4.78 is 55.0. The number of hydrogen-bond donors (Lipinski definition) is 1. The molecule has 0 aliphatic heterocycles. The van der Waals surface area contributed by atoms with Crippen LogP contribution in [0.15, 0.2) is 54.6 Å². The lowest BCUT2D eigenvalue weighted by molar-refractivity contribution is -0.158. The van der Waals surface area contributed by atoms with Gasteiger partial charge in [-0.25, -0.2) is 4.79 Å². The molecule has 0 unspecified atom stereocenters. The largest absolute Gasteiger partial charge is 0.492 e. The lowest BCUT2D eigenvalue weighted by Gasteiger charge is -2.25. The molecule has 1 N–H and O–H groups in total. The van der Waals surface area contributed by atoms with Crippen LogP contribution in [0.5, 0.6) is 11.5 Å². The van der Waals surface area contributed by atoms with Crippen molar-refractivity contribution in [2.45, 2.75) is 46.4 Å². The van der Waals surface area contributed by atoms with E-state index in [9.17, 15) is 22.8 Å². The van der Waals surface area contributed by atoms with Crippen molar-refractivity contribution in [3.05, 3.63) is 77.0 Å². The van der Waals surface area contributed by atoms with Gasteiger partial charge in [-0.15, -0.1) is 0 Å². The van der Waals surface area contributed by atoms with E-state index in [-0.39, 0.29) is 25.7 Å². The summed E-state index contributed by atoms with van der Waals surface area (Å²) in [4.78, 5) is 29.1. The Morgan fingerprint density at radius 1 is 0.974 bits per heavy atom. The van der Waals surface area contributed by atoms with Gasteiger partial charge in [0.05, 0.1) is 35.7 Å². The monoisotopic (exact) mass is 544 g/mol. The maximum atomic E-state index is 12.8. The van der Waals surface area contributed by atoms with Gasteiger partial charge in [0.25, 0.3) is 5.91 Å². The van der Waals surface area contributed by atoms with Crippen LogP contribution in [0.25, 0.3) is 11.3 Å². The van der Waals surface area contributed by atoms with E-state index in [1.54, 1.807) is 58.0 Å². The Kier molecular flexibility index (Phi) is 9.21. The zero-order chi connectivity index (χ0) is 28.8. The molecule has 0 saturated heterocycles. The number of hydrogen-bond acceptors (Lipinski definition) is 6. The van der Waals surface area contributed by atoms with Gasteiger partial charge >= 0.3 is 12.1 Å². The SMILES string of the molecule is CCOC(=O)C(C)(C)Oc1ccc(OCCNC(=O)c2ccc(-c3ccc(C(F)(F)F)cc3)nc2C)cc1C. The summed E-state index contributed by atoms with van der Waals surface area (Å²) >= 11 is 0. The normalized spacial score (nSPS) is 11.6. The number of alkyl halides is 3. The number of nitrogens with zero attached hydrogens (tertiary/aromatic N) is 1. The highest BCUT2D eigenvalue weighted by Crippen LogP contribution is 2.31. The molecule has 0 bridgehead atoms. The van der Waals surface area contributed by atoms with E-state index in [2.05, 4.69) is 10.3 Å². The zero-order valence-electron chi connectivity index (χ0n) is 22.4. The van der Waals surface area contributed by atoms with Gasteiger partial charge in [-0.3, -0.25) is 9.78 Å². The third-order valence-electron chi connectivity index (χ3n) is 5.77. The first-order valence-electron chi connectivity index (χ1n) is 12.3. The molecule has 7 nitrogen and oxygen atoms in total. The van der Waals surface area contributed by atoms with Gasteiger partial charge in [0, 0.05) is 5.56 Å². The molecule has 3 rings (SSSR count). The zero-order valence-corrected chi connectivity index (χ0v) is 22.4. The molecule has 0 aliphatic rings. The smallest absolute Gasteiger partial charge is 0.416 e. The summed E-state index contributed by atoms with van der Waals surface area (Å²) in [6.45, 7) is 9.19. The predicted molar refractivity (Wildman–Crippen MR) is 140 cm³/mol. The van der Waals surface area contributed by atoms with E-state index < -0.39 is 23.3 Å². The number of carbonyl (C=O) groups is 2. The molecule has 1 heterocycles. The summed E-state index contributed by atoms with van der Waals surface area (Å²) in [5, 5.41) is 2.77. The number of amides is 1. The number of nitrogens with one attached hydrogen (secondary N) is 1. The Bertz CT molecular complexity index is 1320. The van der Waals surface area contributed by atoms with Crippen molar-refractivity contribution in [2.75, 3.05) is 19.8 Å². The van der Waals surface area contributed by atoms with Crippen LogP contribution in [-0.4, -0.2) is 42.2 Å². The predicted octanol–water partition coefficient (Wildman–Crippen LogP) is 5.91. The van der Waals surface area contributed by atoms with Crippen LogP contribution in [0.1, 0.15) is 48.0 Å². The Morgan fingerprint density at radius 3 is 2.26 bits per heavy atom. The second kappa shape index (κ2) is 12.2. The molecule has 2 aromatic carbocycles. The maximum absolute atomic E-state index is 12.8. The number of aryl methyl sites for hydroxylation is 2. The molecule has 1 aromatic heterocycles. The quantitative estimate of drug-likeness (QED) is 0.252. The fourth-order valence-corrected chi connectivity index (χ4v) is 3.67. The highest BCUT2D eigenvalue weighted by atomic mass is 19.4. The van der Waals surface area contributed by atoms with E-state index in [1.165, 1.54) is 12.1 Å².